The van der Waals surface area contributed by atoms with E-state index in [1.54, 1.807) is 29.2 Å². The third kappa shape index (κ3) is 3.08. The van der Waals surface area contributed by atoms with Crippen LogP contribution in [0.3, 0.4) is 0 Å². The number of carbonyl (C=O) groups excluding carboxylic acids is 2. The molecule has 0 spiro atoms. The maximum absolute atomic E-state index is 12.3. The molecule has 120 valence electrons. The maximum atomic E-state index is 12.3. The summed E-state index contributed by atoms with van der Waals surface area (Å²) in [6.45, 7) is 4.62. The molecule has 2 amide bonds. The van der Waals surface area contributed by atoms with Gasteiger partial charge in [0, 0.05) is 23.7 Å². The van der Waals surface area contributed by atoms with E-state index in [9.17, 15) is 9.59 Å². The predicted octanol–water partition coefficient (Wildman–Crippen LogP) is 1.48. The van der Waals surface area contributed by atoms with Crippen LogP contribution >= 0.6 is 0 Å². The molecule has 1 aliphatic rings. The molecule has 1 fully saturated rings. The Labute approximate surface area is 133 Å². The van der Waals surface area contributed by atoms with Gasteiger partial charge in [-0.05, 0) is 32.4 Å². The van der Waals surface area contributed by atoms with Gasteiger partial charge in [-0.25, -0.2) is 0 Å². The summed E-state index contributed by atoms with van der Waals surface area (Å²) in [5, 5.41) is 6.55. The zero-order chi connectivity index (χ0) is 16.4. The first-order valence-corrected chi connectivity index (χ1v) is 7.54. The molecule has 0 radical (unpaired) electrons. The first-order chi connectivity index (χ1) is 11.1. The summed E-state index contributed by atoms with van der Waals surface area (Å²) >= 11 is 0. The Kier molecular flexibility index (Phi) is 4.10. The van der Waals surface area contributed by atoms with Gasteiger partial charge >= 0.3 is 0 Å². The van der Waals surface area contributed by atoms with Crippen molar-refractivity contribution in [1.29, 1.82) is 0 Å². The van der Waals surface area contributed by atoms with Gasteiger partial charge in [0.05, 0.1) is 0 Å². The molecular weight excluding hydrogens is 296 g/mol. The van der Waals surface area contributed by atoms with Crippen LogP contribution in [-0.2, 0) is 4.79 Å². The molecule has 1 saturated heterocycles. The van der Waals surface area contributed by atoms with Crippen LogP contribution in [-0.4, -0.2) is 45.5 Å². The van der Waals surface area contributed by atoms with Gasteiger partial charge in [0.2, 0.25) is 18.1 Å². The van der Waals surface area contributed by atoms with Crippen LogP contribution in [0.25, 0.3) is 11.4 Å². The smallest absolute Gasteiger partial charge is 0.251 e. The van der Waals surface area contributed by atoms with Crippen molar-refractivity contribution in [2.45, 2.75) is 32.4 Å². The fourth-order valence-corrected chi connectivity index (χ4v) is 2.66. The van der Waals surface area contributed by atoms with Crippen molar-refractivity contribution in [3.05, 3.63) is 36.2 Å². The largest absolute Gasteiger partial charge is 0.342 e. The molecule has 3 rings (SSSR count). The molecule has 0 aliphatic carbocycles. The Bertz CT molecular complexity index is 695. The van der Waals surface area contributed by atoms with Crippen LogP contribution in [0.15, 0.2) is 35.2 Å². The van der Waals surface area contributed by atoms with E-state index in [4.69, 9.17) is 4.52 Å². The number of hydrogen-bond donors (Lipinski definition) is 1. The molecule has 7 nitrogen and oxygen atoms in total. The van der Waals surface area contributed by atoms with E-state index in [1.165, 1.54) is 6.39 Å². The molecule has 1 N–H and O–H groups in total. The molecule has 1 aromatic carbocycles. The van der Waals surface area contributed by atoms with E-state index in [0.29, 0.717) is 24.4 Å². The lowest BCUT2D eigenvalue weighted by molar-refractivity contribution is -0.130. The van der Waals surface area contributed by atoms with Gasteiger partial charge in [-0.2, -0.15) is 4.98 Å². The number of amides is 2. The molecule has 7 heteroatoms. The van der Waals surface area contributed by atoms with Crippen molar-refractivity contribution >= 4 is 11.8 Å². The Morgan fingerprint density at radius 3 is 2.65 bits per heavy atom. The Morgan fingerprint density at radius 2 is 2.09 bits per heavy atom. The maximum Gasteiger partial charge on any atom is 0.251 e. The second-order valence-electron chi connectivity index (χ2n) is 5.77. The molecule has 0 bridgehead atoms. The number of rotatable bonds is 4. The summed E-state index contributed by atoms with van der Waals surface area (Å²) in [7, 11) is 0. The summed E-state index contributed by atoms with van der Waals surface area (Å²) in [5.74, 6) is 0.195. The number of benzene rings is 1. The van der Waals surface area contributed by atoms with E-state index in [1.807, 2.05) is 13.8 Å². The molecular formula is C16H18N4O3. The Balaban J connectivity index is 1.66. The highest BCUT2D eigenvalue weighted by Gasteiger charge is 2.34. The summed E-state index contributed by atoms with van der Waals surface area (Å²) in [6, 6.07) is 6.56. The van der Waals surface area contributed by atoms with E-state index < -0.39 is 6.04 Å². The number of carbonyl (C=O) groups is 2. The number of nitrogens with one attached hydrogen (secondary N) is 1. The topological polar surface area (TPSA) is 88.3 Å². The molecule has 2 heterocycles. The van der Waals surface area contributed by atoms with Crippen molar-refractivity contribution in [3.63, 3.8) is 0 Å². The second-order valence-corrected chi connectivity index (χ2v) is 5.77. The van der Waals surface area contributed by atoms with Gasteiger partial charge in [0.1, 0.15) is 6.04 Å². The molecule has 2 aromatic rings. The van der Waals surface area contributed by atoms with Crippen molar-refractivity contribution in [3.8, 4) is 11.4 Å². The highest BCUT2D eigenvalue weighted by atomic mass is 16.5. The van der Waals surface area contributed by atoms with Crippen molar-refractivity contribution in [2.24, 2.45) is 0 Å². The Morgan fingerprint density at radius 1 is 1.35 bits per heavy atom. The van der Waals surface area contributed by atoms with E-state index >= 15 is 0 Å². The third-order valence-corrected chi connectivity index (χ3v) is 3.94. The standard InChI is InChI=1S/C16H18N4O3/c1-10(2)20-8-7-13(16(20)22)18-15(21)12-5-3-11(4-6-12)14-17-9-23-19-14/h3-6,9-10,13H,7-8H2,1-2H3,(H,18,21). The average molecular weight is 314 g/mol. The van der Waals surface area contributed by atoms with E-state index in [-0.39, 0.29) is 17.9 Å². The minimum atomic E-state index is -0.443. The first kappa shape index (κ1) is 15.2. The average Bonchev–Trinajstić information content (AvgIpc) is 3.18. The van der Waals surface area contributed by atoms with Crippen LogP contribution in [0, 0.1) is 0 Å². The van der Waals surface area contributed by atoms with Crippen LogP contribution < -0.4 is 5.32 Å². The fourth-order valence-electron chi connectivity index (χ4n) is 2.66. The van der Waals surface area contributed by atoms with Crippen LogP contribution in [0.1, 0.15) is 30.6 Å². The Hall–Kier alpha value is -2.70. The first-order valence-electron chi connectivity index (χ1n) is 7.54. The normalized spacial score (nSPS) is 17.8. The lowest BCUT2D eigenvalue weighted by Crippen LogP contribution is -2.43. The summed E-state index contributed by atoms with van der Waals surface area (Å²) in [5.41, 5.74) is 1.26. The quantitative estimate of drug-likeness (QED) is 0.923. The fraction of sp³-hybridized carbons (Fsp3) is 0.375. The minimum Gasteiger partial charge on any atom is -0.342 e. The monoisotopic (exact) mass is 314 g/mol. The van der Waals surface area contributed by atoms with E-state index in [0.717, 1.165) is 5.56 Å². The molecule has 1 aliphatic heterocycles. The van der Waals surface area contributed by atoms with Crippen molar-refractivity contribution in [2.75, 3.05) is 6.54 Å². The van der Waals surface area contributed by atoms with Gasteiger partial charge in [0.25, 0.3) is 5.91 Å². The predicted molar refractivity (Wildman–Crippen MR) is 82.5 cm³/mol. The summed E-state index contributed by atoms with van der Waals surface area (Å²) in [6.07, 6.45) is 1.89. The summed E-state index contributed by atoms with van der Waals surface area (Å²) in [4.78, 5) is 30.2. The van der Waals surface area contributed by atoms with Crippen LogP contribution in [0.4, 0.5) is 0 Å². The minimum absolute atomic E-state index is 0.0169. The van der Waals surface area contributed by atoms with Crippen LogP contribution in [0.5, 0.6) is 0 Å². The van der Waals surface area contributed by atoms with Gasteiger partial charge < -0.3 is 14.7 Å². The lowest BCUT2D eigenvalue weighted by Gasteiger charge is -2.21. The molecule has 1 atom stereocenters. The van der Waals surface area contributed by atoms with Crippen molar-refractivity contribution in [1.82, 2.24) is 20.4 Å². The number of hydrogen-bond acceptors (Lipinski definition) is 5. The SMILES string of the molecule is CC(C)N1CCC(NC(=O)c2ccc(-c3ncon3)cc2)C1=O. The van der Waals surface area contributed by atoms with Gasteiger partial charge in [0.15, 0.2) is 0 Å². The van der Waals surface area contributed by atoms with Gasteiger partial charge in [-0.1, -0.05) is 17.3 Å². The zero-order valence-electron chi connectivity index (χ0n) is 13.0. The number of likely N-dealkylation sites (tertiary alicyclic amines) is 1. The second kappa shape index (κ2) is 6.20. The molecule has 23 heavy (non-hydrogen) atoms. The lowest BCUT2D eigenvalue weighted by atomic mass is 10.1. The van der Waals surface area contributed by atoms with Gasteiger partial charge in [-0.15, -0.1) is 0 Å². The highest BCUT2D eigenvalue weighted by molar-refractivity contribution is 5.98. The zero-order valence-corrected chi connectivity index (χ0v) is 13.0. The molecule has 0 saturated carbocycles. The highest BCUT2D eigenvalue weighted by Crippen LogP contribution is 2.17. The number of aromatic nitrogens is 2. The molecule has 1 aromatic heterocycles. The van der Waals surface area contributed by atoms with E-state index in [2.05, 4.69) is 15.5 Å². The van der Waals surface area contributed by atoms with Crippen molar-refractivity contribution < 1.29 is 14.1 Å². The third-order valence-electron chi connectivity index (χ3n) is 3.94. The molecule has 1 unspecified atom stereocenters. The van der Waals surface area contributed by atoms with Gasteiger partial charge in [-0.3, -0.25) is 9.59 Å². The summed E-state index contributed by atoms with van der Waals surface area (Å²) < 4.78 is 4.69. The van der Waals surface area contributed by atoms with Crippen LogP contribution in [0.2, 0.25) is 0 Å². The number of nitrogens with zero attached hydrogens (tertiary/aromatic N) is 3.